The Morgan fingerprint density at radius 2 is 1.55 bits per heavy atom. The van der Waals surface area contributed by atoms with Crippen molar-refractivity contribution in [1.82, 2.24) is 4.57 Å². The van der Waals surface area contributed by atoms with Crippen LogP contribution in [0.1, 0.15) is 64.4 Å². The Balaban J connectivity index is 2.51. The Kier molecular flexibility index (Phi) is 3.90. The third kappa shape index (κ3) is 2.65. The van der Waals surface area contributed by atoms with E-state index in [4.69, 9.17) is 9.31 Å². The Labute approximate surface area is 134 Å². The third-order valence-corrected chi connectivity index (χ3v) is 4.89. The standard InChI is InChI=1S/C17H28BNO3/c1-11-10-19(14(20)15(3,4)5)13(12(11)2)18-21-16(6,7)17(8,9)22-18/h10H,1-9H3. The normalized spacial score (nSPS) is 20.5. The van der Waals surface area contributed by atoms with Gasteiger partial charge in [-0.15, -0.1) is 0 Å². The lowest BCUT2D eigenvalue weighted by molar-refractivity contribution is 0.00578. The minimum absolute atomic E-state index is 0.0495. The monoisotopic (exact) mass is 305 g/mol. The number of nitrogens with zero attached hydrogens (tertiary/aromatic N) is 1. The molecule has 2 rings (SSSR count). The molecule has 2 heterocycles. The largest absolute Gasteiger partial charge is 0.513 e. The molecule has 1 aromatic heterocycles. The molecule has 5 heteroatoms. The molecule has 122 valence electrons. The summed E-state index contributed by atoms with van der Waals surface area (Å²) in [5, 5.41) is 0. The van der Waals surface area contributed by atoms with Crippen molar-refractivity contribution in [2.24, 2.45) is 5.41 Å². The minimum atomic E-state index is -0.523. The molecule has 0 spiro atoms. The number of aryl methyl sites for hydroxylation is 1. The van der Waals surface area contributed by atoms with E-state index in [0.29, 0.717) is 0 Å². The molecule has 1 fully saturated rings. The third-order valence-electron chi connectivity index (χ3n) is 4.89. The van der Waals surface area contributed by atoms with Gasteiger partial charge in [0.05, 0.1) is 16.8 Å². The van der Waals surface area contributed by atoms with Crippen molar-refractivity contribution in [2.45, 2.75) is 73.5 Å². The molecule has 0 N–H and O–H groups in total. The molecule has 22 heavy (non-hydrogen) atoms. The molecule has 0 bridgehead atoms. The van der Waals surface area contributed by atoms with Crippen LogP contribution in [0.15, 0.2) is 6.20 Å². The summed E-state index contributed by atoms with van der Waals surface area (Å²) in [7, 11) is -0.523. The van der Waals surface area contributed by atoms with Crippen molar-refractivity contribution < 1.29 is 14.1 Å². The van der Waals surface area contributed by atoms with E-state index in [1.165, 1.54) is 0 Å². The zero-order valence-corrected chi connectivity index (χ0v) is 15.3. The van der Waals surface area contributed by atoms with E-state index in [1.807, 2.05) is 68.5 Å². The van der Waals surface area contributed by atoms with Gasteiger partial charge in [0.25, 0.3) is 0 Å². The Morgan fingerprint density at radius 3 is 1.95 bits per heavy atom. The number of rotatable bonds is 1. The highest BCUT2D eigenvalue weighted by atomic mass is 16.7. The average Bonchev–Trinajstić information content (AvgIpc) is 2.72. The van der Waals surface area contributed by atoms with E-state index in [9.17, 15) is 4.79 Å². The van der Waals surface area contributed by atoms with Crippen LogP contribution in [0.2, 0.25) is 0 Å². The topological polar surface area (TPSA) is 40.5 Å². The smallest absolute Gasteiger partial charge is 0.398 e. The molecule has 0 saturated carbocycles. The highest BCUT2D eigenvalue weighted by Crippen LogP contribution is 2.37. The highest BCUT2D eigenvalue weighted by molar-refractivity contribution is 6.62. The molecule has 1 saturated heterocycles. The lowest BCUT2D eigenvalue weighted by Crippen LogP contribution is -2.45. The second kappa shape index (κ2) is 4.97. The molecule has 0 aliphatic carbocycles. The van der Waals surface area contributed by atoms with Crippen molar-refractivity contribution in [3.05, 3.63) is 17.3 Å². The molecular formula is C17H28BNO3. The van der Waals surface area contributed by atoms with E-state index in [0.717, 1.165) is 16.7 Å². The number of carbonyl (C=O) groups excluding carboxylic acids is 1. The summed E-state index contributed by atoms with van der Waals surface area (Å²) in [6.45, 7) is 17.9. The van der Waals surface area contributed by atoms with Crippen LogP contribution in [-0.2, 0) is 9.31 Å². The fraction of sp³-hybridized carbons (Fsp3) is 0.706. The van der Waals surface area contributed by atoms with Crippen molar-refractivity contribution in [3.63, 3.8) is 0 Å². The SMILES string of the molecule is Cc1cn(C(=O)C(C)(C)C)c(B2OC(C)(C)C(C)(C)O2)c1C. The van der Waals surface area contributed by atoms with E-state index in [-0.39, 0.29) is 5.91 Å². The zero-order chi connectivity index (χ0) is 17.1. The van der Waals surface area contributed by atoms with Gasteiger partial charge in [0.15, 0.2) is 0 Å². The molecule has 0 amide bonds. The summed E-state index contributed by atoms with van der Waals surface area (Å²) >= 11 is 0. The van der Waals surface area contributed by atoms with E-state index < -0.39 is 23.7 Å². The summed E-state index contributed by atoms with van der Waals surface area (Å²) in [5.41, 5.74) is 1.64. The maximum atomic E-state index is 12.8. The molecule has 0 aromatic carbocycles. The fourth-order valence-corrected chi connectivity index (χ4v) is 2.52. The number of hydrogen-bond acceptors (Lipinski definition) is 3. The quantitative estimate of drug-likeness (QED) is 0.749. The molecule has 0 radical (unpaired) electrons. The number of hydrogen-bond donors (Lipinski definition) is 0. The van der Waals surface area contributed by atoms with Gasteiger partial charge < -0.3 is 9.31 Å². The van der Waals surface area contributed by atoms with Gasteiger partial charge in [-0.2, -0.15) is 0 Å². The first-order chi connectivity index (χ1) is 9.78. The van der Waals surface area contributed by atoms with Crippen molar-refractivity contribution in [1.29, 1.82) is 0 Å². The lowest BCUT2D eigenvalue weighted by atomic mass is 9.80. The van der Waals surface area contributed by atoms with Crippen LogP contribution in [0.4, 0.5) is 0 Å². The molecular weight excluding hydrogens is 277 g/mol. The summed E-state index contributed by atoms with van der Waals surface area (Å²) in [6.07, 6.45) is 1.89. The van der Waals surface area contributed by atoms with Gasteiger partial charge in [-0.1, -0.05) is 20.8 Å². The lowest BCUT2D eigenvalue weighted by Gasteiger charge is -2.32. The molecule has 4 nitrogen and oxygen atoms in total. The van der Waals surface area contributed by atoms with Crippen LogP contribution in [-0.4, -0.2) is 28.8 Å². The number of aromatic nitrogens is 1. The summed E-state index contributed by atoms with van der Waals surface area (Å²) in [5.74, 6) is 0.0495. The van der Waals surface area contributed by atoms with Crippen molar-refractivity contribution in [2.75, 3.05) is 0 Å². The van der Waals surface area contributed by atoms with Crippen LogP contribution in [0.3, 0.4) is 0 Å². The Hall–Kier alpha value is -1.07. The van der Waals surface area contributed by atoms with Gasteiger partial charge >= 0.3 is 7.12 Å². The first-order valence-corrected chi connectivity index (χ1v) is 7.87. The summed E-state index contributed by atoms with van der Waals surface area (Å²) in [6, 6.07) is 0. The van der Waals surface area contributed by atoms with Gasteiger partial charge in [0.1, 0.15) is 0 Å². The first kappa shape index (κ1) is 17.3. The number of carbonyl (C=O) groups is 1. The van der Waals surface area contributed by atoms with Gasteiger partial charge in [0, 0.05) is 11.6 Å². The van der Waals surface area contributed by atoms with Gasteiger partial charge in [-0.3, -0.25) is 9.36 Å². The van der Waals surface area contributed by atoms with Crippen molar-refractivity contribution >= 4 is 18.6 Å². The predicted molar refractivity (Wildman–Crippen MR) is 89.7 cm³/mol. The summed E-state index contributed by atoms with van der Waals surface area (Å²) < 4.78 is 14.0. The molecule has 0 unspecified atom stereocenters. The zero-order valence-electron chi connectivity index (χ0n) is 15.3. The molecule has 0 atom stereocenters. The van der Waals surface area contributed by atoms with Crippen LogP contribution in [0.25, 0.3) is 0 Å². The van der Waals surface area contributed by atoms with Crippen LogP contribution < -0.4 is 5.59 Å². The van der Waals surface area contributed by atoms with Gasteiger partial charge in [-0.05, 0) is 52.7 Å². The van der Waals surface area contributed by atoms with E-state index in [1.54, 1.807) is 4.57 Å². The second-order valence-electron chi connectivity index (χ2n) is 8.34. The fourth-order valence-electron chi connectivity index (χ4n) is 2.52. The van der Waals surface area contributed by atoms with E-state index >= 15 is 0 Å². The van der Waals surface area contributed by atoms with Crippen LogP contribution in [0, 0.1) is 19.3 Å². The predicted octanol–water partition coefficient (Wildman–Crippen LogP) is 3.09. The van der Waals surface area contributed by atoms with E-state index in [2.05, 4.69) is 0 Å². The van der Waals surface area contributed by atoms with Crippen molar-refractivity contribution in [3.8, 4) is 0 Å². The van der Waals surface area contributed by atoms with Gasteiger partial charge in [0.2, 0.25) is 5.91 Å². The second-order valence-corrected chi connectivity index (χ2v) is 8.34. The first-order valence-electron chi connectivity index (χ1n) is 7.87. The van der Waals surface area contributed by atoms with Crippen LogP contribution in [0.5, 0.6) is 0 Å². The maximum Gasteiger partial charge on any atom is 0.513 e. The Morgan fingerprint density at radius 1 is 1.09 bits per heavy atom. The maximum absolute atomic E-state index is 12.8. The molecule has 1 aliphatic rings. The molecule has 1 aliphatic heterocycles. The Bertz CT molecular complexity index is 592. The van der Waals surface area contributed by atoms with Crippen LogP contribution >= 0.6 is 0 Å². The highest BCUT2D eigenvalue weighted by Gasteiger charge is 2.53. The average molecular weight is 305 g/mol. The van der Waals surface area contributed by atoms with Gasteiger partial charge in [-0.25, -0.2) is 0 Å². The minimum Gasteiger partial charge on any atom is -0.398 e. The molecule has 1 aromatic rings. The summed E-state index contributed by atoms with van der Waals surface area (Å²) in [4.78, 5) is 12.8.